The van der Waals surface area contributed by atoms with E-state index in [1.165, 1.54) is 25.8 Å². The smallest absolute Gasteiger partial charge is 0.0639 e. The molecule has 0 aromatic heterocycles. The Bertz CT molecular complexity index is 156. The molecule has 2 heteroatoms. The Hall–Kier alpha value is -0.340. The molecule has 1 unspecified atom stereocenters. The first kappa shape index (κ1) is 9.75. The Morgan fingerprint density at radius 1 is 1.58 bits per heavy atom. The van der Waals surface area contributed by atoms with Gasteiger partial charge in [-0.25, -0.2) is 0 Å². The molecule has 2 nitrogen and oxygen atoms in total. The van der Waals surface area contributed by atoms with Crippen molar-refractivity contribution in [2.75, 3.05) is 20.2 Å². The van der Waals surface area contributed by atoms with Crippen molar-refractivity contribution in [1.82, 2.24) is 4.90 Å². The van der Waals surface area contributed by atoms with Crippen LogP contribution in [-0.2, 0) is 0 Å². The molecular weight excluding hydrogens is 150 g/mol. The highest BCUT2D eigenvalue weighted by molar-refractivity contribution is 4.98. The molecule has 0 aromatic rings. The van der Waals surface area contributed by atoms with E-state index in [1.807, 2.05) is 0 Å². The van der Waals surface area contributed by atoms with Crippen molar-refractivity contribution >= 4 is 0 Å². The van der Waals surface area contributed by atoms with E-state index in [-0.39, 0.29) is 6.61 Å². The first-order valence-corrected chi connectivity index (χ1v) is 4.72. The third-order valence-electron chi connectivity index (χ3n) is 2.67. The second kappa shape index (κ2) is 4.63. The van der Waals surface area contributed by atoms with Crippen LogP contribution in [0.15, 0.2) is 12.2 Å². The summed E-state index contributed by atoms with van der Waals surface area (Å²) in [5.74, 6) is 0. The second-order valence-electron chi connectivity index (χ2n) is 3.74. The molecule has 1 aliphatic rings. The Balaban J connectivity index is 2.33. The van der Waals surface area contributed by atoms with Crippen LogP contribution in [0, 0.1) is 0 Å². The molecule has 1 heterocycles. The van der Waals surface area contributed by atoms with Crippen molar-refractivity contribution in [2.45, 2.75) is 31.7 Å². The van der Waals surface area contributed by atoms with Crippen molar-refractivity contribution in [1.29, 1.82) is 0 Å². The molecule has 0 amide bonds. The Morgan fingerprint density at radius 3 is 2.92 bits per heavy atom. The van der Waals surface area contributed by atoms with Crippen LogP contribution in [0.25, 0.3) is 0 Å². The van der Waals surface area contributed by atoms with Crippen LogP contribution >= 0.6 is 0 Å². The molecule has 0 aromatic carbocycles. The minimum atomic E-state index is 0.143. The lowest BCUT2D eigenvalue weighted by Crippen LogP contribution is -2.36. The number of aliphatic hydroxyl groups excluding tert-OH is 1. The zero-order valence-electron chi connectivity index (χ0n) is 7.92. The van der Waals surface area contributed by atoms with Gasteiger partial charge in [-0.15, -0.1) is 0 Å². The van der Waals surface area contributed by atoms with E-state index in [9.17, 15) is 0 Å². The maximum absolute atomic E-state index is 8.83. The lowest BCUT2D eigenvalue weighted by Gasteiger charge is -2.32. The summed E-state index contributed by atoms with van der Waals surface area (Å²) in [6.45, 7) is 5.17. The molecule has 0 aliphatic carbocycles. The van der Waals surface area contributed by atoms with E-state index in [0.29, 0.717) is 6.04 Å². The van der Waals surface area contributed by atoms with Gasteiger partial charge >= 0.3 is 0 Å². The van der Waals surface area contributed by atoms with Crippen molar-refractivity contribution in [2.24, 2.45) is 0 Å². The summed E-state index contributed by atoms with van der Waals surface area (Å²) in [5.41, 5.74) is 0.966. The van der Waals surface area contributed by atoms with Gasteiger partial charge in [-0.1, -0.05) is 18.6 Å². The zero-order valence-corrected chi connectivity index (χ0v) is 7.92. The van der Waals surface area contributed by atoms with Crippen molar-refractivity contribution in [3.05, 3.63) is 12.2 Å². The number of hydrogen-bond donors (Lipinski definition) is 1. The summed E-state index contributed by atoms with van der Waals surface area (Å²) in [4.78, 5) is 2.38. The SMILES string of the molecule is C=C(CO)CC1CCCCN1C. The van der Waals surface area contributed by atoms with Crippen LogP contribution in [0.1, 0.15) is 25.7 Å². The molecule has 1 aliphatic heterocycles. The molecule has 0 spiro atoms. The summed E-state index contributed by atoms with van der Waals surface area (Å²) in [7, 11) is 2.16. The molecule has 70 valence electrons. The van der Waals surface area contributed by atoms with E-state index < -0.39 is 0 Å². The first-order chi connectivity index (χ1) is 5.74. The van der Waals surface area contributed by atoms with Crippen molar-refractivity contribution < 1.29 is 5.11 Å². The average molecular weight is 169 g/mol. The molecular formula is C10H19NO. The number of rotatable bonds is 3. The third kappa shape index (κ3) is 2.61. The number of nitrogens with zero attached hydrogens (tertiary/aromatic N) is 1. The van der Waals surface area contributed by atoms with Crippen LogP contribution in [0.5, 0.6) is 0 Å². The van der Waals surface area contributed by atoms with Gasteiger partial charge in [0, 0.05) is 6.04 Å². The minimum absolute atomic E-state index is 0.143. The summed E-state index contributed by atoms with van der Waals surface area (Å²) in [5, 5.41) is 8.83. The molecule has 1 atom stereocenters. The molecule has 0 saturated carbocycles. The number of likely N-dealkylation sites (tertiary alicyclic amines) is 1. The summed E-state index contributed by atoms with van der Waals surface area (Å²) < 4.78 is 0. The highest BCUT2D eigenvalue weighted by atomic mass is 16.3. The molecule has 1 saturated heterocycles. The predicted molar refractivity (Wildman–Crippen MR) is 51.1 cm³/mol. The van der Waals surface area contributed by atoms with Crippen molar-refractivity contribution in [3.63, 3.8) is 0 Å². The summed E-state index contributed by atoms with van der Waals surface area (Å²) in [6.07, 6.45) is 4.87. The largest absolute Gasteiger partial charge is 0.392 e. The fourth-order valence-electron chi connectivity index (χ4n) is 1.80. The topological polar surface area (TPSA) is 23.5 Å². The molecule has 1 fully saturated rings. The fraction of sp³-hybridized carbons (Fsp3) is 0.800. The van der Waals surface area contributed by atoms with Gasteiger partial charge in [0.1, 0.15) is 0 Å². The molecule has 1 N–H and O–H groups in total. The molecule has 1 rings (SSSR count). The van der Waals surface area contributed by atoms with Crippen LogP contribution in [-0.4, -0.2) is 36.2 Å². The highest BCUT2D eigenvalue weighted by Crippen LogP contribution is 2.20. The predicted octanol–water partition coefficient (Wildman–Crippen LogP) is 1.41. The maximum Gasteiger partial charge on any atom is 0.0639 e. The van der Waals surface area contributed by atoms with E-state index in [0.717, 1.165) is 12.0 Å². The monoisotopic (exact) mass is 169 g/mol. The lowest BCUT2D eigenvalue weighted by molar-refractivity contribution is 0.180. The van der Waals surface area contributed by atoms with Gasteiger partial charge in [-0.2, -0.15) is 0 Å². The Kier molecular flexibility index (Phi) is 3.76. The zero-order chi connectivity index (χ0) is 8.97. The van der Waals surface area contributed by atoms with Crippen molar-refractivity contribution in [3.8, 4) is 0 Å². The number of piperidine rings is 1. The van der Waals surface area contributed by atoms with E-state index in [1.54, 1.807) is 0 Å². The highest BCUT2D eigenvalue weighted by Gasteiger charge is 2.18. The van der Waals surface area contributed by atoms with Gasteiger partial charge in [0.15, 0.2) is 0 Å². The van der Waals surface area contributed by atoms with Crippen LogP contribution in [0.3, 0.4) is 0 Å². The summed E-state index contributed by atoms with van der Waals surface area (Å²) in [6, 6.07) is 0.624. The Morgan fingerprint density at radius 2 is 2.33 bits per heavy atom. The van der Waals surface area contributed by atoms with E-state index >= 15 is 0 Å². The quantitative estimate of drug-likeness (QED) is 0.646. The summed E-state index contributed by atoms with van der Waals surface area (Å²) >= 11 is 0. The molecule has 0 radical (unpaired) electrons. The minimum Gasteiger partial charge on any atom is -0.392 e. The maximum atomic E-state index is 8.83. The van der Waals surface area contributed by atoms with Crippen LogP contribution < -0.4 is 0 Å². The van der Waals surface area contributed by atoms with Gasteiger partial charge in [0.2, 0.25) is 0 Å². The molecule has 0 bridgehead atoms. The van der Waals surface area contributed by atoms with Gasteiger partial charge in [-0.05, 0) is 32.9 Å². The second-order valence-corrected chi connectivity index (χ2v) is 3.74. The number of aliphatic hydroxyl groups is 1. The van der Waals surface area contributed by atoms with Gasteiger partial charge < -0.3 is 10.0 Å². The lowest BCUT2D eigenvalue weighted by atomic mass is 9.97. The first-order valence-electron chi connectivity index (χ1n) is 4.72. The van der Waals surface area contributed by atoms with Crippen LogP contribution in [0.2, 0.25) is 0 Å². The van der Waals surface area contributed by atoms with Gasteiger partial charge in [0.05, 0.1) is 6.61 Å². The number of hydrogen-bond acceptors (Lipinski definition) is 2. The standard InChI is InChI=1S/C10H19NO/c1-9(8-12)7-10-5-3-4-6-11(10)2/h10,12H,1,3-8H2,2H3. The van der Waals surface area contributed by atoms with Gasteiger partial charge in [0.25, 0.3) is 0 Å². The fourth-order valence-corrected chi connectivity index (χ4v) is 1.80. The molecule has 12 heavy (non-hydrogen) atoms. The van der Waals surface area contributed by atoms with Gasteiger partial charge in [-0.3, -0.25) is 0 Å². The van der Waals surface area contributed by atoms with E-state index in [4.69, 9.17) is 5.11 Å². The normalized spacial score (nSPS) is 25.7. The third-order valence-corrected chi connectivity index (χ3v) is 2.67. The average Bonchev–Trinajstić information content (AvgIpc) is 2.09. The Labute approximate surface area is 74.9 Å². The van der Waals surface area contributed by atoms with E-state index in [2.05, 4.69) is 18.5 Å². The van der Waals surface area contributed by atoms with Crippen LogP contribution in [0.4, 0.5) is 0 Å².